The SMILES string of the molecule is Cc1nc(COc2ccc(CN3CCC(=O)C(C(=O)NCC(=O)O)C3=O)cc2Cl)c(C)o1. The molecule has 1 aliphatic rings. The van der Waals surface area contributed by atoms with Crippen LogP contribution in [0.2, 0.25) is 5.02 Å². The number of aliphatic carboxylic acids is 1. The summed E-state index contributed by atoms with van der Waals surface area (Å²) in [6.07, 6.45) is 0.00227. The van der Waals surface area contributed by atoms with Gasteiger partial charge in [-0.1, -0.05) is 17.7 Å². The second-order valence-corrected chi connectivity index (χ2v) is 7.72. The van der Waals surface area contributed by atoms with Crippen LogP contribution in [0.25, 0.3) is 0 Å². The number of aryl methyl sites for hydroxylation is 2. The molecule has 1 aromatic heterocycles. The number of nitrogens with one attached hydrogen (secondary N) is 1. The number of Topliss-reactive ketones (excluding diaryl/α,β-unsaturated/α-hetero) is 1. The van der Waals surface area contributed by atoms with E-state index < -0.39 is 36.0 Å². The number of carbonyl (C=O) groups is 4. The van der Waals surface area contributed by atoms with Crippen LogP contribution in [0.5, 0.6) is 5.75 Å². The van der Waals surface area contributed by atoms with Crippen molar-refractivity contribution in [3.63, 3.8) is 0 Å². The highest BCUT2D eigenvalue weighted by molar-refractivity contribution is 6.32. The number of hydrogen-bond acceptors (Lipinski definition) is 7. The molecule has 1 aliphatic heterocycles. The number of piperidine rings is 1. The second kappa shape index (κ2) is 9.82. The first kappa shape index (κ1) is 23.3. The van der Waals surface area contributed by atoms with Gasteiger partial charge in [0.1, 0.15) is 30.4 Å². The fourth-order valence-electron chi connectivity index (χ4n) is 3.33. The molecule has 1 aromatic carbocycles. The highest BCUT2D eigenvalue weighted by atomic mass is 35.5. The lowest BCUT2D eigenvalue weighted by atomic mass is 9.94. The maximum Gasteiger partial charge on any atom is 0.322 e. The maximum atomic E-state index is 12.7. The van der Waals surface area contributed by atoms with E-state index in [1.807, 2.05) is 0 Å². The first-order valence-corrected chi connectivity index (χ1v) is 10.2. The third kappa shape index (κ3) is 5.44. The predicted molar refractivity (Wildman–Crippen MR) is 111 cm³/mol. The number of oxazole rings is 1. The van der Waals surface area contributed by atoms with Gasteiger partial charge in [-0.05, 0) is 24.6 Å². The van der Waals surface area contributed by atoms with Gasteiger partial charge in [-0.2, -0.15) is 0 Å². The van der Waals surface area contributed by atoms with Gasteiger partial charge in [0.05, 0.1) is 5.02 Å². The van der Waals surface area contributed by atoms with Gasteiger partial charge in [-0.25, -0.2) is 4.98 Å². The molecular formula is C21H22ClN3O7. The normalized spacial score (nSPS) is 16.2. The molecule has 11 heteroatoms. The molecule has 2 amide bonds. The molecule has 3 rings (SSSR count). The number of carbonyl (C=O) groups excluding carboxylic acids is 3. The van der Waals surface area contributed by atoms with Crippen LogP contribution in [0.3, 0.4) is 0 Å². The molecule has 2 N–H and O–H groups in total. The van der Waals surface area contributed by atoms with Crippen molar-refractivity contribution in [1.29, 1.82) is 0 Å². The largest absolute Gasteiger partial charge is 0.486 e. The highest BCUT2D eigenvalue weighted by Crippen LogP contribution is 2.28. The van der Waals surface area contributed by atoms with Crippen molar-refractivity contribution < 1.29 is 33.4 Å². The molecule has 2 heterocycles. The highest BCUT2D eigenvalue weighted by Gasteiger charge is 2.40. The minimum absolute atomic E-state index is 0.00227. The van der Waals surface area contributed by atoms with Crippen LogP contribution in [-0.4, -0.2) is 51.6 Å². The molecule has 0 bridgehead atoms. The van der Waals surface area contributed by atoms with Gasteiger partial charge in [0.15, 0.2) is 17.6 Å². The summed E-state index contributed by atoms with van der Waals surface area (Å²) in [7, 11) is 0. The summed E-state index contributed by atoms with van der Waals surface area (Å²) in [5.74, 6) is -3.29. The van der Waals surface area contributed by atoms with Gasteiger partial charge in [0.25, 0.3) is 0 Å². The summed E-state index contributed by atoms with van der Waals surface area (Å²) < 4.78 is 11.1. The summed E-state index contributed by atoms with van der Waals surface area (Å²) >= 11 is 6.32. The van der Waals surface area contributed by atoms with Crippen molar-refractivity contribution in [2.45, 2.75) is 33.4 Å². The van der Waals surface area contributed by atoms with E-state index in [0.717, 1.165) is 0 Å². The van der Waals surface area contributed by atoms with Crippen LogP contribution in [-0.2, 0) is 32.3 Å². The van der Waals surface area contributed by atoms with E-state index >= 15 is 0 Å². The second-order valence-electron chi connectivity index (χ2n) is 7.31. The van der Waals surface area contributed by atoms with E-state index in [9.17, 15) is 19.2 Å². The molecule has 0 aliphatic carbocycles. The Labute approximate surface area is 188 Å². The van der Waals surface area contributed by atoms with Crippen molar-refractivity contribution in [2.75, 3.05) is 13.1 Å². The summed E-state index contributed by atoms with van der Waals surface area (Å²) in [4.78, 5) is 53.2. The first-order chi connectivity index (χ1) is 15.2. The maximum absolute atomic E-state index is 12.7. The van der Waals surface area contributed by atoms with Gasteiger partial charge < -0.3 is 24.5 Å². The average molecular weight is 464 g/mol. The monoisotopic (exact) mass is 463 g/mol. The van der Waals surface area contributed by atoms with Crippen LogP contribution >= 0.6 is 11.6 Å². The van der Waals surface area contributed by atoms with Crippen molar-refractivity contribution >= 4 is 35.2 Å². The van der Waals surface area contributed by atoms with Gasteiger partial charge in [0.2, 0.25) is 11.8 Å². The van der Waals surface area contributed by atoms with Crippen LogP contribution in [0, 0.1) is 19.8 Å². The van der Waals surface area contributed by atoms with Gasteiger partial charge in [0, 0.05) is 26.4 Å². The zero-order valence-electron chi connectivity index (χ0n) is 17.5. The molecular weight excluding hydrogens is 442 g/mol. The van der Waals surface area contributed by atoms with Crippen LogP contribution in [0.15, 0.2) is 22.6 Å². The van der Waals surface area contributed by atoms with Gasteiger partial charge in [-0.15, -0.1) is 0 Å². The summed E-state index contributed by atoms with van der Waals surface area (Å²) in [5.41, 5.74) is 1.35. The number of benzene rings is 1. The predicted octanol–water partition coefficient (Wildman–Crippen LogP) is 1.64. The first-order valence-electron chi connectivity index (χ1n) is 9.81. The number of rotatable bonds is 8. The van der Waals surface area contributed by atoms with E-state index in [1.54, 1.807) is 32.0 Å². The van der Waals surface area contributed by atoms with Crippen molar-refractivity contribution in [3.05, 3.63) is 46.1 Å². The van der Waals surface area contributed by atoms with E-state index in [4.69, 9.17) is 25.9 Å². The molecule has 1 unspecified atom stereocenters. The topological polar surface area (TPSA) is 139 Å². The van der Waals surface area contributed by atoms with Gasteiger partial charge in [-0.3, -0.25) is 19.2 Å². The number of carboxylic acid groups (broad SMARTS) is 1. The standard InChI is InChI=1S/C21H22ClN3O7/c1-11-15(24-12(2)32-11)10-31-17-4-3-13(7-14(17)22)9-25-6-5-16(26)19(21(25)30)20(29)23-8-18(27)28/h3-4,7,19H,5-6,8-10H2,1-2H3,(H,23,29)(H,27,28). The smallest absolute Gasteiger partial charge is 0.322 e. The third-order valence-corrected chi connectivity index (χ3v) is 5.21. The Morgan fingerprint density at radius 1 is 1.34 bits per heavy atom. The Bertz CT molecular complexity index is 1070. The number of ether oxygens (including phenoxy) is 1. The van der Waals surface area contributed by atoms with Crippen molar-refractivity contribution in [3.8, 4) is 5.75 Å². The number of amides is 2. The molecule has 0 saturated carbocycles. The van der Waals surface area contributed by atoms with E-state index in [2.05, 4.69) is 10.3 Å². The molecule has 1 atom stereocenters. The third-order valence-electron chi connectivity index (χ3n) is 4.92. The molecule has 32 heavy (non-hydrogen) atoms. The molecule has 0 radical (unpaired) electrons. The van der Waals surface area contributed by atoms with Crippen LogP contribution < -0.4 is 10.1 Å². The number of likely N-dealkylation sites (tertiary alicyclic amines) is 1. The molecule has 2 aromatic rings. The number of nitrogens with zero attached hydrogens (tertiary/aromatic N) is 2. The van der Waals surface area contributed by atoms with Crippen molar-refractivity contribution in [2.24, 2.45) is 5.92 Å². The van der Waals surface area contributed by atoms with Crippen LogP contribution in [0.4, 0.5) is 0 Å². The molecule has 170 valence electrons. The number of aromatic nitrogens is 1. The Morgan fingerprint density at radius 2 is 2.09 bits per heavy atom. The molecule has 1 fully saturated rings. The lowest BCUT2D eigenvalue weighted by molar-refractivity contribution is -0.152. The minimum atomic E-state index is -1.55. The lowest BCUT2D eigenvalue weighted by Crippen LogP contribution is -2.52. The fraction of sp³-hybridized carbons (Fsp3) is 0.381. The quantitative estimate of drug-likeness (QED) is 0.563. The Kier molecular flexibility index (Phi) is 7.14. The summed E-state index contributed by atoms with van der Waals surface area (Å²) in [6.45, 7) is 3.34. The Hall–Kier alpha value is -3.40. The minimum Gasteiger partial charge on any atom is -0.486 e. The number of ketones is 1. The zero-order chi connectivity index (χ0) is 23.4. The number of carboxylic acids is 1. The number of halogens is 1. The average Bonchev–Trinajstić information content (AvgIpc) is 3.05. The summed E-state index contributed by atoms with van der Waals surface area (Å²) in [5, 5.41) is 11.1. The lowest BCUT2D eigenvalue weighted by Gasteiger charge is -2.30. The molecule has 1 saturated heterocycles. The Morgan fingerprint density at radius 3 is 2.72 bits per heavy atom. The molecule has 0 spiro atoms. The van der Waals surface area contributed by atoms with E-state index in [0.29, 0.717) is 33.7 Å². The van der Waals surface area contributed by atoms with Crippen LogP contribution in [0.1, 0.15) is 29.3 Å². The zero-order valence-corrected chi connectivity index (χ0v) is 18.3. The molecule has 10 nitrogen and oxygen atoms in total. The number of hydrogen-bond donors (Lipinski definition) is 2. The summed E-state index contributed by atoms with van der Waals surface area (Å²) in [6, 6.07) is 5.03. The van der Waals surface area contributed by atoms with E-state index in [1.165, 1.54) is 4.90 Å². The van der Waals surface area contributed by atoms with E-state index in [-0.39, 0.29) is 26.1 Å². The van der Waals surface area contributed by atoms with Crippen molar-refractivity contribution in [1.82, 2.24) is 15.2 Å². The Balaban J connectivity index is 1.64. The fourth-order valence-corrected chi connectivity index (χ4v) is 3.59. The van der Waals surface area contributed by atoms with Gasteiger partial charge >= 0.3 is 5.97 Å².